The highest BCUT2D eigenvalue weighted by atomic mass is 35.5. The van der Waals surface area contributed by atoms with Crippen molar-refractivity contribution in [3.63, 3.8) is 0 Å². The standard InChI is InChI=1S/C22H26ClN3O2/c1-15-14-18(23)8-9-20(15)25-21(27)16(2)17-10-12-26(13-11-17)22(28)24-19-6-4-3-5-7-19/h3-9,14,16-17H,10-13H2,1-2H3,(H,24,28)(H,25,27)/t16-/m1/s1. The highest BCUT2D eigenvalue weighted by Crippen LogP contribution is 2.27. The highest BCUT2D eigenvalue weighted by molar-refractivity contribution is 6.30. The Labute approximate surface area is 171 Å². The van der Waals surface area contributed by atoms with Crippen LogP contribution in [0.15, 0.2) is 48.5 Å². The minimum atomic E-state index is -0.116. The molecule has 0 radical (unpaired) electrons. The van der Waals surface area contributed by atoms with E-state index in [1.54, 1.807) is 6.07 Å². The molecule has 6 heteroatoms. The molecule has 1 atom stereocenters. The summed E-state index contributed by atoms with van der Waals surface area (Å²) in [4.78, 5) is 26.9. The van der Waals surface area contributed by atoms with E-state index in [0.29, 0.717) is 18.1 Å². The first-order valence-electron chi connectivity index (χ1n) is 9.62. The maximum atomic E-state index is 12.7. The lowest BCUT2D eigenvalue weighted by atomic mass is 9.85. The molecule has 3 rings (SSSR count). The highest BCUT2D eigenvalue weighted by Gasteiger charge is 2.30. The van der Waals surface area contributed by atoms with Crippen LogP contribution in [0.25, 0.3) is 0 Å². The molecule has 0 unspecified atom stereocenters. The lowest BCUT2D eigenvalue weighted by Gasteiger charge is -2.34. The van der Waals surface area contributed by atoms with Crippen molar-refractivity contribution >= 4 is 34.9 Å². The predicted molar refractivity (Wildman–Crippen MR) is 114 cm³/mol. The lowest BCUT2D eigenvalue weighted by molar-refractivity contribution is -0.121. The summed E-state index contributed by atoms with van der Waals surface area (Å²) in [5.41, 5.74) is 2.53. The van der Waals surface area contributed by atoms with Crippen molar-refractivity contribution in [1.82, 2.24) is 4.90 Å². The van der Waals surface area contributed by atoms with E-state index in [1.807, 2.05) is 61.2 Å². The van der Waals surface area contributed by atoms with Crippen LogP contribution in [-0.2, 0) is 4.79 Å². The van der Waals surface area contributed by atoms with Gasteiger partial charge in [-0.3, -0.25) is 4.79 Å². The zero-order valence-corrected chi connectivity index (χ0v) is 17.0. The second-order valence-electron chi connectivity index (χ2n) is 7.36. The van der Waals surface area contributed by atoms with Gasteiger partial charge in [-0.15, -0.1) is 0 Å². The van der Waals surface area contributed by atoms with Crippen LogP contribution in [0.5, 0.6) is 0 Å². The first-order chi connectivity index (χ1) is 13.4. The number of benzene rings is 2. The molecule has 28 heavy (non-hydrogen) atoms. The number of carbonyl (C=O) groups excluding carboxylic acids is 2. The molecule has 1 aliphatic rings. The molecule has 1 saturated heterocycles. The number of nitrogens with zero attached hydrogens (tertiary/aromatic N) is 1. The lowest BCUT2D eigenvalue weighted by Crippen LogP contribution is -2.43. The monoisotopic (exact) mass is 399 g/mol. The molecule has 3 amide bonds. The average molecular weight is 400 g/mol. The molecule has 2 aromatic rings. The molecule has 2 N–H and O–H groups in total. The normalized spacial score (nSPS) is 15.8. The third kappa shape index (κ3) is 5.04. The molecule has 1 fully saturated rings. The number of urea groups is 1. The minimum Gasteiger partial charge on any atom is -0.326 e. The largest absolute Gasteiger partial charge is 0.326 e. The van der Waals surface area contributed by atoms with E-state index >= 15 is 0 Å². The summed E-state index contributed by atoms with van der Waals surface area (Å²) in [6.07, 6.45) is 1.63. The molecule has 5 nitrogen and oxygen atoms in total. The van der Waals surface area contributed by atoms with Crippen LogP contribution in [0.3, 0.4) is 0 Å². The fourth-order valence-corrected chi connectivity index (χ4v) is 3.78. The molecule has 1 heterocycles. The number of hydrogen-bond donors (Lipinski definition) is 2. The van der Waals surface area contributed by atoms with E-state index in [0.717, 1.165) is 29.8 Å². The molecule has 0 bridgehead atoms. The van der Waals surface area contributed by atoms with Gasteiger partial charge in [0.1, 0.15) is 0 Å². The first kappa shape index (κ1) is 20.2. The molecule has 0 saturated carbocycles. The van der Waals surface area contributed by atoms with Crippen molar-refractivity contribution in [3.8, 4) is 0 Å². The van der Waals surface area contributed by atoms with E-state index < -0.39 is 0 Å². The van der Waals surface area contributed by atoms with Gasteiger partial charge >= 0.3 is 6.03 Å². The number of aryl methyl sites for hydroxylation is 1. The van der Waals surface area contributed by atoms with Crippen molar-refractivity contribution in [2.45, 2.75) is 26.7 Å². The number of likely N-dealkylation sites (tertiary alicyclic amines) is 1. The molecule has 0 spiro atoms. The Bertz CT molecular complexity index is 833. The Morgan fingerprint density at radius 1 is 1.07 bits per heavy atom. The van der Waals surface area contributed by atoms with Crippen LogP contribution in [-0.4, -0.2) is 29.9 Å². The van der Waals surface area contributed by atoms with Crippen molar-refractivity contribution in [1.29, 1.82) is 0 Å². The number of carbonyl (C=O) groups is 2. The van der Waals surface area contributed by atoms with Gasteiger partial charge in [0.2, 0.25) is 5.91 Å². The van der Waals surface area contributed by atoms with Gasteiger partial charge in [0.15, 0.2) is 0 Å². The molecular weight excluding hydrogens is 374 g/mol. The third-order valence-corrected chi connectivity index (χ3v) is 5.65. The van der Waals surface area contributed by atoms with Crippen LogP contribution in [0, 0.1) is 18.8 Å². The summed E-state index contributed by atoms with van der Waals surface area (Å²) in [5, 5.41) is 6.59. The maximum Gasteiger partial charge on any atom is 0.321 e. The van der Waals surface area contributed by atoms with Gasteiger partial charge in [-0.2, -0.15) is 0 Å². The summed E-state index contributed by atoms with van der Waals surface area (Å²) in [7, 11) is 0. The molecule has 0 aliphatic carbocycles. The molecule has 1 aliphatic heterocycles. The van der Waals surface area contributed by atoms with Crippen molar-refractivity contribution in [2.75, 3.05) is 23.7 Å². The van der Waals surface area contributed by atoms with Gasteiger partial charge in [0.25, 0.3) is 0 Å². The third-order valence-electron chi connectivity index (χ3n) is 5.42. The summed E-state index contributed by atoms with van der Waals surface area (Å²) < 4.78 is 0. The Hall–Kier alpha value is -2.53. The first-order valence-corrected chi connectivity index (χ1v) is 10.00. The summed E-state index contributed by atoms with van der Waals surface area (Å²) in [6, 6.07) is 14.8. The van der Waals surface area contributed by atoms with Gasteiger partial charge in [-0.1, -0.05) is 36.7 Å². The number of hydrogen-bond acceptors (Lipinski definition) is 2. The van der Waals surface area contributed by atoms with Crippen molar-refractivity contribution < 1.29 is 9.59 Å². The van der Waals surface area contributed by atoms with Crippen LogP contribution in [0.4, 0.5) is 16.2 Å². The number of amides is 3. The Morgan fingerprint density at radius 2 is 1.75 bits per heavy atom. The molecule has 0 aromatic heterocycles. The Balaban J connectivity index is 1.51. The number of para-hydroxylation sites is 1. The SMILES string of the molecule is Cc1cc(Cl)ccc1NC(=O)[C@H](C)C1CCN(C(=O)Nc2ccccc2)CC1. The maximum absolute atomic E-state index is 12.7. The van der Waals surface area contributed by atoms with Gasteiger partial charge in [-0.05, 0) is 61.6 Å². The Morgan fingerprint density at radius 3 is 2.39 bits per heavy atom. The summed E-state index contributed by atoms with van der Waals surface area (Å²) >= 11 is 5.98. The summed E-state index contributed by atoms with van der Waals surface area (Å²) in [5.74, 6) is 0.153. The molecule has 2 aromatic carbocycles. The zero-order valence-electron chi connectivity index (χ0n) is 16.2. The van der Waals surface area contributed by atoms with Crippen LogP contribution in [0.2, 0.25) is 5.02 Å². The van der Waals surface area contributed by atoms with Gasteiger partial charge in [-0.25, -0.2) is 4.79 Å². The van der Waals surface area contributed by atoms with Crippen LogP contribution in [0.1, 0.15) is 25.3 Å². The second kappa shape index (κ2) is 9.11. The predicted octanol–water partition coefficient (Wildman–Crippen LogP) is 5.17. The van der Waals surface area contributed by atoms with Crippen LogP contribution < -0.4 is 10.6 Å². The number of anilines is 2. The number of piperidine rings is 1. The zero-order chi connectivity index (χ0) is 20.1. The van der Waals surface area contributed by atoms with Gasteiger partial charge in [0, 0.05) is 35.4 Å². The van der Waals surface area contributed by atoms with Gasteiger partial charge in [0.05, 0.1) is 0 Å². The quantitative estimate of drug-likeness (QED) is 0.745. The van der Waals surface area contributed by atoms with E-state index in [9.17, 15) is 9.59 Å². The molecule has 148 valence electrons. The van der Waals surface area contributed by atoms with Crippen LogP contribution >= 0.6 is 11.6 Å². The fourth-order valence-electron chi connectivity index (χ4n) is 3.55. The number of halogens is 1. The number of rotatable bonds is 4. The van der Waals surface area contributed by atoms with Crippen molar-refractivity contribution in [2.24, 2.45) is 11.8 Å². The van der Waals surface area contributed by atoms with Gasteiger partial charge < -0.3 is 15.5 Å². The number of nitrogens with one attached hydrogen (secondary N) is 2. The topological polar surface area (TPSA) is 61.4 Å². The molecular formula is C22H26ClN3O2. The Kier molecular flexibility index (Phi) is 6.57. The fraction of sp³-hybridized carbons (Fsp3) is 0.364. The summed E-state index contributed by atoms with van der Waals surface area (Å²) in [6.45, 7) is 5.20. The second-order valence-corrected chi connectivity index (χ2v) is 7.79. The van der Waals surface area contributed by atoms with Crippen molar-refractivity contribution in [3.05, 3.63) is 59.1 Å². The van der Waals surface area contributed by atoms with E-state index in [2.05, 4.69) is 10.6 Å². The average Bonchev–Trinajstić information content (AvgIpc) is 2.70. The van der Waals surface area contributed by atoms with E-state index in [1.165, 1.54) is 0 Å². The van der Waals surface area contributed by atoms with E-state index in [4.69, 9.17) is 11.6 Å². The van der Waals surface area contributed by atoms with E-state index in [-0.39, 0.29) is 23.8 Å². The minimum absolute atomic E-state index is 0.0117. The smallest absolute Gasteiger partial charge is 0.321 e.